The fraction of sp³-hybridized carbons (Fsp3) is 0.556. The summed E-state index contributed by atoms with van der Waals surface area (Å²) in [6.07, 6.45) is 2.47. The number of benzene rings is 1. The van der Waals surface area contributed by atoms with Crippen molar-refractivity contribution >= 4 is 11.9 Å². The van der Waals surface area contributed by atoms with Gasteiger partial charge < -0.3 is 25.4 Å². The van der Waals surface area contributed by atoms with Crippen molar-refractivity contribution in [3.05, 3.63) is 35.4 Å². The first-order valence-electron chi connectivity index (χ1n) is 8.75. The summed E-state index contributed by atoms with van der Waals surface area (Å²) in [6, 6.07) is 7.28. The van der Waals surface area contributed by atoms with Crippen LogP contribution in [-0.2, 0) is 16.0 Å². The Balaban J connectivity index is 1.55. The minimum Gasteiger partial charge on any atom is -0.375 e. The van der Waals surface area contributed by atoms with Crippen molar-refractivity contribution in [1.82, 2.24) is 10.2 Å². The molecular formula is C18H26N4O3. The van der Waals surface area contributed by atoms with E-state index in [1.165, 1.54) is 0 Å². The molecule has 1 amide bonds. The van der Waals surface area contributed by atoms with E-state index in [4.69, 9.17) is 15.2 Å². The molecule has 0 bridgehead atoms. The minimum absolute atomic E-state index is 0.102. The van der Waals surface area contributed by atoms with Gasteiger partial charge >= 0.3 is 0 Å². The SMILES string of the molecule is CN=C(NCc1ccc(C(N)=O)cc1)N1CCOC(C2CCCO2)C1. The van der Waals surface area contributed by atoms with E-state index < -0.39 is 5.91 Å². The van der Waals surface area contributed by atoms with Crippen LogP contribution in [0.5, 0.6) is 0 Å². The topological polar surface area (TPSA) is 89.2 Å². The number of nitrogens with two attached hydrogens (primary N) is 1. The zero-order valence-corrected chi connectivity index (χ0v) is 14.6. The summed E-state index contributed by atoms with van der Waals surface area (Å²) < 4.78 is 11.7. The summed E-state index contributed by atoms with van der Waals surface area (Å²) in [5, 5.41) is 3.38. The molecule has 1 aromatic carbocycles. The molecule has 0 saturated carbocycles. The van der Waals surface area contributed by atoms with Crippen LogP contribution in [0.1, 0.15) is 28.8 Å². The second kappa shape index (κ2) is 8.31. The molecule has 0 aromatic heterocycles. The van der Waals surface area contributed by atoms with Crippen LogP contribution in [0.2, 0.25) is 0 Å². The molecule has 0 spiro atoms. The number of primary amides is 1. The van der Waals surface area contributed by atoms with Gasteiger partial charge in [-0.1, -0.05) is 12.1 Å². The summed E-state index contributed by atoms with van der Waals surface area (Å²) in [5.41, 5.74) is 6.85. The maximum Gasteiger partial charge on any atom is 0.248 e. The Morgan fingerprint density at radius 1 is 1.28 bits per heavy atom. The second-order valence-electron chi connectivity index (χ2n) is 6.37. The smallest absolute Gasteiger partial charge is 0.248 e. The van der Waals surface area contributed by atoms with Gasteiger partial charge in [-0.3, -0.25) is 9.79 Å². The van der Waals surface area contributed by atoms with Crippen LogP contribution < -0.4 is 11.1 Å². The lowest BCUT2D eigenvalue weighted by Gasteiger charge is -2.37. The lowest BCUT2D eigenvalue weighted by atomic mass is 10.1. The molecule has 3 N–H and O–H groups in total. The van der Waals surface area contributed by atoms with E-state index >= 15 is 0 Å². The Hall–Kier alpha value is -2.12. The number of morpholine rings is 1. The fourth-order valence-electron chi connectivity index (χ4n) is 3.29. The highest BCUT2D eigenvalue weighted by atomic mass is 16.5. The minimum atomic E-state index is -0.413. The molecule has 2 aliphatic rings. The Kier molecular flexibility index (Phi) is 5.88. The van der Waals surface area contributed by atoms with Gasteiger partial charge in [0.05, 0.1) is 12.7 Å². The third kappa shape index (κ3) is 4.49. The van der Waals surface area contributed by atoms with Gasteiger partial charge in [0.2, 0.25) is 5.91 Å². The number of rotatable bonds is 4. The zero-order chi connectivity index (χ0) is 17.6. The summed E-state index contributed by atoms with van der Waals surface area (Å²) in [5.74, 6) is 0.439. The summed E-state index contributed by atoms with van der Waals surface area (Å²) >= 11 is 0. The first-order chi connectivity index (χ1) is 12.2. The van der Waals surface area contributed by atoms with Gasteiger partial charge in [-0.05, 0) is 30.5 Å². The van der Waals surface area contributed by atoms with Gasteiger partial charge in [-0.25, -0.2) is 0 Å². The zero-order valence-electron chi connectivity index (χ0n) is 14.6. The van der Waals surface area contributed by atoms with E-state index in [1.54, 1.807) is 19.2 Å². The van der Waals surface area contributed by atoms with Crippen LogP contribution in [0.25, 0.3) is 0 Å². The molecule has 7 heteroatoms. The van der Waals surface area contributed by atoms with Crippen molar-refractivity contribution in [2.75, 3.05) is 33.4 Å². The fourth-order valence-corrected chi connectivity index (χ4v) is 3.29. The Morgan fingerprint density at radius 2 is 2.04 bits per heavy atom. The molecule has 2 aliphatic heterocycles. The van der Waals surface area contributed by atoms with Crippen LogP contribution in [0, 0.1) is 0 Å². The van der Waals surface area contributed by atoms with Crippen molar-refractivity contribution in [1.29, 1.82) is 0 Å². The molecule has 25 heavy (non-hydrogen) atoms. The quantitative estimate of drug-likeness (QED) is 0.620. The van der Waals surface area contributed by atoms with Gasteiger partial charge in [-0.15, -0.1) is 0 Å². The number of carbonyl (C=O) groups is 1. The van der Waals surface area contributed by atoms with Gasteiger partial charge in [0.1, 0.15) is 6.10 Å². The average Bonchev–Trinajstić information content (AvgIpc) is 3.18. The predicted octanol–water partition coefficient (Wildman–Crippen LogP) is 0.741. The lowest BCUT2D eigenvalue weighted by molar-refractivity contribution is -0.0817. The maximum atomic E-state index is 11.1. The molecule has 3 rings (SSSR count). The molecule has 7 nitrogen and oxygen atoms in total. The largest absolute Gasteiger partial charge is 0.375 e. The monoisotopic (exact) mass is 346 g/mol. The number of amides is 1. The molecule has 2 saturated heterocycles. The number of hydrogen-bond donors (Lipinski definition) is 2. The highest BCUT2D eigenvalue weighted by Gasteiger charge is 2.32. The first kappa shape index (κ1) is 17.7. The summed E-state index contributed by atoms with van der Waals surface area (Å²) in [4.78, 5) is 17.7. The van der Waals surface area contributed by atoms with Crippen LogP contribution in [0.3, 0.4) is 0 Å². The molecule has 2 atom stereocenters. The Labute approximate surface area is 148 Å². The number of nitrogens with zero attached hydrogens (tertiary/aromatic N) is 2. The van der Waals surface area contributed by atoms with Crippen LogP contribution in [0.4, 0.5) is 0 Å². The summed E-state index contributed by atoms with van der Waals surface area (Å²) in [7, 11) is 1.79. The number of aliphatic imine (C=N–C) groups is 1. The summed E-state index contributed by atoms with van der Waals surface area (Å²) in [6.45, 7) is 3.74. The molecule has 136 valence electrons. The van der Waals surface area contributed by atoms with Gasteiger partial charge in [0.25, 0.3) is 0 Å². The van der Waals surface area contributed by atoms with E-state index in [0.29, 0.717) is 18.7 Å². The number of nitrogens with one attached hydrogen (secondary N) is 1. The van der Waals surface area contributed by atoms with Crippen LogP contribution >= 0.6 is 0 Å². The molecule has 2 fully saturated rings. The van der Waals surface area contributed by atoms with Crippen molar-refractivity contribution in [3.8, 4) is 0 Å². The van der Waals surface area contributed by atoms with Gasteiger partial charge in [0, 0.05) is 38.9 Å². The van der Waals surface area contributed by atoms with E-state index in [0.717, 1.165) is 44.1 Å². The van der Waals surface area contributed by atoms with E-state index in [2.05, 4.69) is 15.2 Å². The molecule has 2 unspecified atom stereocenters. The van der Waals surface area contributed by atoms with E-state index in [-0.39, 0.29) is 12.2 Å². The molecule has 1 aromatic rings. The van der Waals surface area contributed by atoms with E-state index in [1.807, 2.05) is 12.1 Å². The van der Waals surface area contributed by atoms with Crippen molar-refractivity contribution < 1.29 is 14.3 Å². The molecule has 0 radical (unpaired) electrons. The molecule has 2 heterocycles. The normalized spacial score (nSPS) is 24.4. The first-order valence-corrected chi connectivity index (χ1v) is 8.75. The predicted molar refractivity (Wildman–Crippen MR) is 95.4 cm³/mol. The van der Waals surface area contributed by atoms with E-state index in [9.17, 15) is 4.79 Å². The maximum absolute atomic E-state index is 11.1. The molecular weight excluding hydrogens is 320 g/mol. The molecule has 0 aliphatic carbocycles. The van der Waals surface area contributed by atoms with Gasteiger partial charge in [0.15, 0.2) is 5.96 Å². The highest BCUT2D eigenvalue weighted by molar-refractivity contribution is 5.92. The third-order valence-corrected chi connectivity index (χ3v) is 4.67. The number of hydrogen-bond acceptors (Lipinski definition) is 4. The van der Waals surface area contributed by atoms with Crippen molar-refractivity contribution in [2.24, 2.45) is 10.7 Å². The Bertz CT molecular complexity index is 611. The van der Waals surface area contributed by atoms with Crippen molar-refractivity contribution in [2.45, 2.75) is 31.6 Å². The highest BCUT2D eigenvalue weighted by Crippen LogP contribution is 2.21. The number of ether oxygens (including phenoxy) is 2. The third-order valence-electron chi connectivity index (χ3n) is 4.67. The second-order valence-corrected chi connectivity index (χ2v) is 6.37. The van der Waals surface area contributed by atoms with Crippen LogP contribution in [-0.4, -0.2) is 62.3 Å². The van der Waals surface area contributed by atoms with Gasteiger partial charge in [-0.2, -0.15) is 0 Å². The number of carbonyl (C=O) groups excluding carboxylic acids is 1. The lowest BCUT2D eigenvalue weighted by Crippen LogP contribution is -2.53. The Morgan fingerprint density at radius 3 is 2.68 bits per heavy atom. The van der Waals surface area contributed by atoms with Crippen LogP contribution in [0.15, 0.2) is 29.3 Å². The number of guanidine groups is 1. The van der Waals surface area contributed by atoms with Crippen molar-refractivity contribution in [3.63, 3.8) is 0 Å². The average molecular weight is 346 g/mol. The standard InChI is InChI=1S/C18H26N4O3/c1-20-18(21-11-13-4-6-14(7-5-13)17(19)23)22-8-10-25-16(12-22)15-3-2-9-24-15/h4-7,15-16H,2-3,8-12H2,1H3,(H2,19,23)(H,20,21).